The zero-order valence-corrected chi connectivity index (χ0v) is 15.5. The number of sulfonamides is 1. The number of benzene rings is 1. The van der Waals surface area contributed by atoms with Crippen LogP contribution in [0.2, 0.25) is 0 Å². The fourth-order valence-corrected chi connectivity index (χ4v) is 5.91. The van der Waals surface area contributed by atoms with Crippen molar-refractivity contribution in [2.75, 3.05) is 31.1 Å². The Morgan fingerprint density at radius 1 is 1.15 bits per heavy atom. The molecule has 2 aromatic rings. The summed E-state index contributed by atoms with van der Waals surface area (Å²) in [6.07, 6.45) is 5.38. The Hall–Kier alpha value is -1.99. The molecule has 0 unspecified atom stereocenters. The topological polar surface area (TPSA) is 53.5 Å². The minimum absolute atomic E-state index is 0.0376. The number of anilines is 1. The van der Waals surface area contributed by atoms with E-state index in [9.17, 15) is 12.8 Å². The predicted molar refractivity (Wildman–Crippen MR) is 98.0 cm³/mol. The summed E-state index contributed by atoms with van der Waals surface area (Å²) in [6.45, 7) is 4.41. The normalized spacial score (nSPS) is 23.8. The minimum Gasteiger partial charge on any atom is -0.370 e. The second kappa shape index (κ2) is 6.32. The van der Waals surface area contributed by atoms with Crippen molar-refractivity contribution < 1.29 is 12.8 Å². The highest BCUT2D eigenvalue weighted by molar-refractivity contribution is 7.89. The summed E-state index contributed by atoms with van der Waals surface area (Å²) in [7, 11) is -3.67. The van der Waals surface area contributed by atoms with Crippen LogP contribution in [0.15, 0.2) is 47.6 Å². The molecule has 0 bridgehead atoms. The summed E-state index contributed by atoms with van der Waals surface area (Å²) in [6, 6.07) is 7.90. The lowest BCUT2D eigenvalue weighted by molar-refractivity contribution is 0.341. The van der Waals surface area contributed by atoms with Gasteiger partial charge in [-0.2, -0.15) is 4.31 Å². The van der Waals surface area contributed by atoms with Gasteiger partial charge in [0.25, 0.3) is 0 Å². The third-order valence-corrected chi connectivity index (χ3v) is 7.61. The molecule has 0 amide bonds. The van der Waals surface area contributed by atoms with Crippen molar-refractivity contribution in [1.29, 1.82) is 0 Å². The Morgan fingerprint density at radius 3 is 2.73 bits per heavy atom. The summed E-state index contributed by atoms with van der Waals surface area (Å²) in [5, 5.41) is 0. The first-order chi connectivity index (χ1) is 12.4. The maximum atomic E-state index is 13.6. The van der Waals surface area contributed by atoms with Gasteiger partial charge in [0.15, 0.2) is 0 Å². The van der Waals surface area contributed by atoms with E-state index in [0.29, 0.717) is 18.7 Å². The quantitative estimate of drug-likeness (QED) is 0.828. The molecule has 0 saturated carbocycles. The lowest BCUT2D eigenvalue weighted by Gasteiger charge is -2.25. The van der Waals surface area contributed by atoms with Crippen molar-refractivity contribution in [3.8, 4) is 0 Å². The zero-order valence-electron chi connectivity index (χ0n) is 14.7. The molecule has 7 heteroatoms. The highest BCUT2D eigenvalue weighted by Crippen LogP contribution is 2.42. The molecule has 0 aliphatic carbocycles. The number of nitrogens with zero attached hydrogens (tertiary/aromatic N) is 3. The fraction of sp³-hybridized carbons (Fsp3) is 0.421. The van der Waals surface area contributed by atoms with Crippen LogP contribution >= 0.6 is 0 Å². The second-order valence-corrected chi connectivity index (χ2v) is 9.29. The smallest absolute Gasteiger partial charge is 0.243 e. The van der Waals surface area contributed by atoms with Crippen molar-refractivity contribution in [2.24, 2.45) is 5.41 Å². The van der Waals surface area contributed by atoms with Gasteiger partial charge in [-0.15, -0.1) is 0 Å². The van der Waals surface area contributed by atoms with E-state index in [0.717, 1.165) is 37.7 Å². The maximum absolute atomic E-state index is 13.6. The van der Waals surface area contributed by atoms with E-state index < -0.39 is 15.8 Å². The van der Waals surface area contributed by atoms with Gasteiger partial charge in [-0.3, -0.25) is 4.98 Å². The Kier molecular flexibility index (Phi) is 4.23. The van der Waals surface area contributed by atoms with Crippen LogP contribution in [0.5, 0.6) is 0 Å². The van der Waals surface area contributed by atoms with Crippen molar-refractivity contribution >= 4 is 15.7 Å². The molecule has 1 spiro atoms. The van der Waals surface area contributed by atoms with Crippen LogP contribution in [-0.2, 0) is 10.0 Å². The molecule has 1 aromatic carbocycles. The Labute approximate surface area is 153 Å². The number of pyridine rings is 1. The number of rotatable bonds is 3. The molecule has 2 fully saturated rings. The predicted octanol–water partition coefficient (Wildman–Crippen LogP) is 2.82. The number of hydrogen-bond donors (Lipinski definition) is 0. The SMILES string of the molecule is Cc1ccc(F)cc1S(=O)(=O)N1CC[C@]2(CCN(c3cccnc3)C2)C1. The van der Waals surface area contributed by atoms with Crippen molar-refractivity contribution in [1.82, 2.24) is 9.29 Å². The summed E-state index contributed by atoms with van der Waals surface area (Å²) in [4.78, 5) is 6.53. The number of aryl methyl sites for hydroxylation is 1. The number of hydrogen-bond acceptors (Lipinski definition) is 4. The summed E-state index contributed by atoms with van der Waals surface area (Å²) in [5.41, 5.74) is 1.62. The van der Waals surface area contributed by atoms with E-state index in [2.05, 4.69) is 9.88 Å². The average Bonchev–Trinajstić information content (AvgIpc) is 3.26. The van der Waals surface area contributed by atoms with Gasteiger partial charge in [0.1, 0.15) is 5.82 Å². The van der Waals surface area contributed by atoms with Crippen LogP contribution in [0, 0.1) is 18.2 Å². The summed E-state index contributed by atoms with van der Waals surface area (Å²) >= 11 is 0. The molecular formula is C19H22FN3O2S. The molecule has 2 aliphatic rings. The van der Waals surface area contributed by atoms with Crippen molar-refractivity contribution in [2.45, 2.75) is 24.7 Å². The van der Waals surface area contributed by atoms with Gasteiger partial charge in [0, 0.05) is 37.8 Å². The van der Waals surface area contributed by atoms with E-state index >= 15 is 0 Å². The molecule has 3 heterocycles. The van der Waals surface area contributed by atoms with E-state index in [-0.39, 0.29) is 10.3 Å². The van der Waals surface area contributed by atoms with Crippen molar-refractivity contribution in [3.63, 3.8) is 0 Å². The molecule has 5 nitrogen and oxygen atoms in total. The molecular weight excluding hydrogens is 353 g/mol. The van der Waals surface area contributed by atoms with Gasteiger partial charge in [-0.1, -0.05) is 6.07 Å². The monoisotopic (exact) mass is 375 g/mol. The highest BCUT2D eigenvalue weighted by Gasteiger charge is 2.47. The van der Waals surface area contributed by atoms with Crippen LogP contribution in [0.3, 0.4) is 0 Å². The first-order valence-electron chi connectivity index (χ1n) is 8.81. The third-order valence-electron chi connectivity index (χ3n) is 5.62. The molecule has 0 N–H and O–H groups in total. The molecule has 1 atom stereocenters. The molecule has 0 radical (unpaired) electrons. The van der Waals surface area contributed by atoms with Crippen LogP contribution in [-0.4, -0.2) is 43.9 Å². The van der Waals surface area contributed by atoms with Gasteiger partial charge < -0.3 is 4.90 Å². The summed E-state index contributed by atoms with van der Waals surface area (Å²) in [5.74, 6) is -0.522. The van der Waals surface area contributed by atoms with E-state index in [1.54, 1.807) is 13.1 Å². The Morgan fingerprint density at radius 2 is 1.96 bits per heavy atom. The second-order valence-electron chi connectivity index (χ2n) is 7.38. The first-order valence-corrected chi connectivity index (χ1v) is 10.3. The lowest BCUT2D eigenvalue weighted by Crippen LogP contribution is -2.34. The van der Waals surface area contributed by atoms with Gasteiger partial charge >= 0.3 is 0 Å². The van der Waals surface area contributed by atoms with Gasteiger partial charge in [-0.05, 0) is 49.6 Å². The molecule has 1 aromatic heterocycles. The molecule has 2 saturated heterocycles. The van der Waals surface area contributed by atoms with Crippen LogP contribution in [0.4, 0.5) is 10.1 Å². The maximum Gasteiger partial charge on any atom is 0.243 e. The van der Waals surface area contributed by atoms with Gasteiger partial charge in [0.05, 0.1) is 16.8 Å². The zero-order chi connectivity index (χ0) is 18.4. The largest absolute Gasteiger partial charge is 0.370 e. The standard InChI is InChI=1S/C19H22FN3O2S/c1-15-4-5-16(20)11-18(15)26(24,25)23-10-7-19(14-23)6-9-22(13-19)17-3-2-8-21-12-17/h2-5,8,11-12H,6-7,9-10,13-14H2,1H3/t19-/m0/s1. The van der Waals surface area contributed by atoms with Crippen LogP contribution in [0.25, 0.3) is 0 Å². The highest BCUT2D eigenvalue weighted by atomic mass is 32.2. The number of aromatic nitrogens is 1. The molecule has 138 valence electrons. The van der Waals surface area contributed by atoms with Crippen LogP contribution in [0.1, 0.15) is 18.4 Å². The fourth-order valence-electron chi connectivity index (χ4n) is 4.12. The van der Waals surface area contributed by atoms with Gasteiger partial charge in [0.2, 0.25) is 10.0 Å². The van der Waals surface area contributed by atoms with Crippen LogP contribution < -0.4 is 4.90 Å². The van der Waals surface area contributed by atoms with E-state index in [4.69, 9.17) is 0 Å². The van der Waals surface area contributed by atoms with Gasteiger partial charge in [-0.25, -0.2) is 12.8 Å². The number of halogens is 1. The van der Waals surface area contributed by atoms with Crippen molar-refractivity contribution in [3.05, 3.63) is 54.1 Å². The molecule has 4 rings (SSSR count). The Bertz CT molecular complexity index is 920. The molecule has 26 heavy (non-hydrogen) atoms. The third kappa shape index (κ3) is 2.99. The first kappa shape index (κ1) is 17.4. The van der Waals surface area contributed by atoms with E-state index in [1.165, 1.54) is 16.4 Å². The summed E-state index contributed by atoms with van der Waals surface area (Å²) < 4.78 is 41.2. The molecule has 2 aliphatic heterocycles. The van der Waals surface area contributed by atoms with E-state index in [1.807, 2.05) is 18.3 Å². The minimum atomic E-state index is -3.67. The Balaban J connectivity index is 1.54. The average molecular weight is 375 g/mol. The lowest BCUT2D eigenvalue weighted by atomic mass is 9.86.